The average molecular weight is 673 g/mol. The van der Waals surface area contributed by atoms with Gasteiger partial charge in [-0.3, -0.25) is 19.3 Å². The Bertz CT molecular complexity index is 1580. The minimum atomic E-state index is -1.01. The fourth-order valence-electron chi connectivity index (χ4n) is 8.28. The van der Waals surface area contributed by atoms with Gasteiger partial charge >= 0.3 is 0 Å². The molecule has 3 fully saturated rings. The zero-order chi connectivity index (χ0) is 33.5. The normalized spacial score (nSPS) is 30.9. The van der Waals surface area contributed by atoms with Crippen LogP contribution in [0.2, 0.25) is 0 Å². The van der Waals surface area contributed by atoms with Crippen LogP contribution in [0, 0.1) is 11.8 Å². The molecule has 5 heterocycles. The van der Waals surface area contributed by atoms with Crippen LogP contribution in [0.25, 0.3) is 0 Å². The van der Waals surface area contributed by atoms with Gasteiger partial charge in [0, 0.05) is 49.7 Å². The first kappa shape index (κ1) is 32.9. The van der Waals surface area contributed by atoms with Crippen molar-refractivity contribution in [3.8, 4) is 5.75 Å². The molecule has 0 aromatic heterocycles. The van der Waals surface area contributed by atoms with Gasteiger partial charge in [0.25, 0.3) is 0 Å². The Hall–Kier alpha value is -3.64. The third kappa shape index (κ3) is 5.54. The molecule has 10 nitrogen and oxygen atoms in total. The molecule has 0 bridgehead atoms. The highest BCUT2D eigenvalue weighted by Gasteiger charge is 2.74. The Kier molecular flexibility index (Phi) is 9.14. The summed E-state index contributed by atoms with van der Waals surface area (Å²) in [6.07, 6.45) is 8.13. The molecule has 7 rings (SSSR count). The number of aliphatic hydroxyl groups excluding tert-OH is 1. The number of thioether (sulfide) groups is 1. The maximum Gasteiger partial charge on any atom is 0.247 e. The Morgan fingerprint density at radius 3 is 2.35 bits per heavy atom. The summed E-state index contributed by atoms with van der Waals surface area (Å²) in [7, 11) is 0. The molecule has 3 amide bonds. The molecule has 1 spiro atoms. The first-order valence-electron chi connectivity index (χ1n) is 17.0. The van der Waals surface area contributed by atoms with Crippen LogP contribution in [0.4, 0.5) is 5.69 Å². The van der Waals surface area contributed by atoms with Gasteiger partial charge in [-0.05, 0) is 43.7 Å². The van der Waals surface area contributed by atoms with E-state index in [0.717, 1.165) is 30.1 Å². The van der Waals surface area contributed by atoms with E-state index in [0.29, 0.717) is 46.0 Å². The standard InChI is InChI=1S/C37H44N4O6S/c1-3-47-28-13-11-27(12-14-28)40-18-7-15-36(2)30(33(40)43)31-34(44)41(29(25-42)26-9-5-4-6-10-26)32-35(45)39(17-8-16-37(31,32)48-36)20-19-38-21-23-46-24-22-38/h4-16,29-32,42H,3,17-25H2,1-2H3/t29-,30+,31+,32?,36-,37+/m1/s1. The summed E-state index contributed by atoms with van der Waals surface area (Å²) < 4.78 is 9.41. The SMILES string of the molecule is CCOc1ccc(N2CC=C[C@@]3(C)S[C@]45C=CCN(CCN6CCOCC6)C(=O)C4N([C@H](CO)c4ccccc4)C(=O)[C@@H]5[C@H]3C2=O)cc1. The zero-order valence-electron chi connectivity index (χ0n) is 27.6. The Labute approximate surface area is 286 Å². The number of carbonyl (C=O) groups excluding carboxylic acids is 3. The number of carbonyl (C=O) groups is 3. The van der Waals surface area contributed by atoms with Crippen molar-refractivity contribution in [2.24, 2.45) is 11.8 Å². The number of rotatable bonds is 9. The third-order valence-corrected chi connectivity index (χ3v) is 12.3. The molecule has 1 N–H and O–H groups in total. The van der Waals surface area contributed by atoms with Crippen LogP contribution in [-0.4, -0.2) is 119 Å². The summed E-state index contributed by atoms with van der Waals surface area (Å²) in [5, 5.41) is 10.9. The van der Waals surface area contributed by atoms with Gasteiger partial charge in [-0.1, -0.05) is 54.6 Å². The average Bonchev–Trinajstić information content (AvgIpc) is 3.37. The molecule has 2 aromatic rings. The van der Waals surface area contributed by atoms with Crippen molar-refractivity contribution in [3.63, 3.8) is 0 Å². The third-order valence-electron chi connectivity index (χ3n) is 10.5. The second-order valence-corrected chi connectivity index (χ2v) is 15.1. The van der Waals surface area contributed by atoms with Crippen LogP contribution in [0.1, 0.15) is 25.5 Å². The van der Waals surface area contributed by atoms with Crippen molar-refractivity contribution < 1.29 is 29.0 Å². The Morgan fingerprint density at radius 1 is 0.917 bits per heavy atom. The summed E-state index contributed by atoms with van der Waals surface area (Å²) in [6, 6.07) is 15.2. The van der Waals surface area contributed by atoms with Gasteiger partial charge in [0.05, 0.1) is 49.1 Å². The topological polar surface area (TPSA) is 103 Å². The van der Waals surface area contributed by atoms with E-state index >= 15 is 4.79 Å². The number of likely N-dealkylation sites (tertiary alicyclic amines) is 1. The predicted octanol–water partition coefficient (Wildman–Crippen LogP) is 3.14. The lowest BCUT2D eigenvalue weighted by molar-refractivity contribution is -0.146. The van der Waals surface area contributed by atoms with Crippen LogP contribution in [0.15, 0.2) is 78.9 Å². The van der Waals surface area contributed by atoms with Crippen molar-refractivity contribution in [3.05, 3.63) is 84.5 Å². The van der Waals surface area contributed by atoms with Crippen molar-refractivity contribution in [2.75, 3.05) is 70.6 Å². The first-order chi connectivity index (χ1) is 23.3. The highest BCUT2D eigenvalue weighted by molar-refractivity contribution is 8.02. The number of anilines is 1. The van der Waals surface area contributed by atoms with Crippen LogP contribution < -0.4 is 9.64 Å². The lowest BCUT2D eigenvalue weighted by Gasteiger charge is -2.40. The van der Waals surface area contributed by atoms with E-state index in [1.54, 1.807) is 21.6 Å². The van der Waals surface area contributed by atoms with Crippen molar-refractivity contribution in [2.45, 2.75) is 35.4 Å². The number of ether oxygens (including phenoxy) is 2. The molecule has 11 heteroatoms. The molecule has 5 aliphatic rings. The molecule has 1 unspecified atom stereocenters. The summed E-state index contributed by atoms with van der Waals surface area (Å²) in [5.74, 6) is -1.39. The summed E-state index contributed by atoms with van der Waals surface area (Å²) in [4.78, 5) is 52.3. The van der Waals surface area contributed by atoms with Gasteiger partial charge < -0.3 is 29.3 Å². The lowest BCUT2D eigenvalue weighted by atomic mass is 9.74. The van der Waals surface area contributed by atoms with E-state index in [2.05, 4.69) is 11.0 Å². The van der Waals surface area contributed by atoms with Crippen molar-refractivity contribution in [1.29, 1.82) is 0 Å². The number of benzene rings is 2. The van der Waals surface area contributed by atoms with Gasteiger partial charge in [0.2, 0.25) is 17.7 Å². The fourth-order valence-corrected chi connectivity index (χ4v) is 10.4. The summed E-state index contributed by atoms with van der Waals surface area (Å²) in [6.45, 7) is 9.11. The van der Waals surface area contributed by atoms with Crippen molar-refractivity contribution in [1.82, 2.24) is 14.7 Å². The van der Waals surface area contributed by atoms with E-state index in [1.165, 1.54) is 0 Å². The monoisotopic (exact) mass is 672 g/mol. The molecule has 5 aliphatic heterocycles. The van der Waals surface area contributed by atoms with Crippen molar-refractivity contribution >= 4 is 35.2 Å². The molecule has 48 heavy (non-hydrogen) atoms. The van der Waals surface area contributed by atoms with Crippen LogP contribution >= 0.6 is 11.8 Å². The predicted molar refractivity (Wildman–Crippen MR) is 185 cm³/mol. The molecular formula is C37H44N4O6S. The zero-order valence-corrected chi connectivity index (χ0v) is 28.4. The number of morpholine rings is 1. The van der Waals surface area contributed by atoms with E-state index in [1.807, 2.05) is 91.6 Å². The van der Waals surface area contributed by atoms with E-state index < -0.39 is 33.4 Å². The minimum Gasteiger partial charge on any atom is -0.494 e. The van der Waals surface area contributed by atoms with Gasteiger partial charge in [-0.15, -0.1) is 11.8 Å². The largest absolute Gasteiger partial charge is 0.494 e. The molecule has 6 atom stereocenters. The van der Waals surface area contributed by atoms with Gasteiger partial charge in [0.15, 0.2) is 0 Å². The smallest absolute Gasteiger partial charge is 0.247 e. The Balaban J connectivity index is 1.29. The van der Waals surface area contributed by atoms with Gasteiger partial charge in [-0.2, -0.15) is 0 Å². The molecule has 254 valence electrons. The molecule has 0 aliphatic carbocycles. The number of hydrogen-bond donors (Lipinski definition) is 1. The first-order valence-corrected chi connectivity index (χ1v) is 17.8. The number of aliphatic hydroxyl groups is 1. The highest BCUT2D eigenvalue weighted by atomic mass is 32.2. The second kappa shape index (κ2) is 13.3. The van der Waals surface area contributed by atoms with E-state index in [-0.39, 0.29) is 24.3 Å². The number of hydrogen-bond acceptors (Lipinski definition) is 8. The van der Waals surface area contributed by atoms with E-state index in [4.69, 9.17) is 9.47 Å². The Morgan fingerprint density at radius 2 is 1.65 bits per heavy atom. The van der Waals surface area contributed by atoms with Crippen LogP contribution in [0.5, 0.6) is 5.75 Å². The van der Waals surface area contributed by atoms with Crippen LogP contribution in [-0.2, 0) is 19.1 Å². The quantitative estimate of drug-likeness (QED) is 0.406. The number of amides is 3. The molecule has 0 saturated carbocycles. The van der Waals surface area contributed by atoms with Gasteiger partial charge in [-0.25, -0.2) is 0 Å². The fraction of sp³-hybridized carbons (Fsp3) is 0.486. The number of fused-ring (bicyclic) bond motifs is 2. The maximum absolute atomic E-state index is 15.1. The number of nitrogens with zero attached hydrogens (tertiary/aromatic N) is 4. The molecular weight excluding hydrogens is 628 g/mol. The molecule has 3 saturated heterocycles. The summed E-state index contributed by atoms with van der Waals surface area (Å²) in [5.41, 5.74) is 1.47. The molecule has 0 radical (unpaired) electrons. The maximum atomic E-state index is 15.1. The highest BCUT2D eigenvalue weighted by Crippen LogP contribution is 2.66. The minimum absolute atomic E-state index is 0.147. The van der Waals surface area contributed by atoms with E-state index in [9.17, 15) is 14.7 Å². The molecule has 2 aromatic carbocycles. The van der Waals surface area contributed by atoms with Crippen LogP contribution in [0.3, 0.4) is 0 Å². The van der Waals surface area contributed by atoms with Gasteiger partial charge in [0.1, 0.15) is 11.8 Å². The summed E-state index contributed by atoms with van der Waals surface area (Å²) >= 11 is 1.56. The lowest BCUT2D eigenvalue weighted by Crippen LogP contribution is -2.55. The second-order valence-electron chi connectivity index (χ2n) is 13.3.